The van der Waals surface area contributed by atoms with Crippen molar-refractivity contribution >= 4 is 22.2 Å². The number of amides is 1. The van der Waals surface area contributed by atoms with E-state index in [1.54, 1.807) is 4.90 Å². The maximum Gasteiger partial charge on any atom is 0.264 e. The van der Waals surface area contributed by atoms with E-state index >= 15 is 0 Å². The number of carbonyl (C=O) groups is 1. The molecule has 4 heteroatoms. The molecule has 1 amide bonds. The van der Waals surface area contributed by atoms with Crippen molar-refractivity contribution in [1.29, 1.82) is 0 Å². The van der Waals surface area contributed by atoms with Gasteiger partial charge in [0.15, 0.2) is 0 Å². The van der Waals surface area contributed by atoms with Gasteiger partial charge in [-0.15, -0.1) is 11.3 Å². The Labute approximate surface area is 88.5 Å². The zero-order chi connectivity index (χ0) is 10.7. The van der Waals surface area contributed by atoms with Crippen LogP contribution in [0.15, 0.2) is 6.07 Å². The first-order chi connectivity index (χ1) is 6.60. The van der Waals surface area contributed by atoms with Crippen molar-refractivity contribution < 1.29 is 4.79 Å². The summed E-state index contributed by atoms with van der Waals surface area (Å²) in [5.41, 5.74) is 6.62. The SMILES string of the molecule is CCN(CC)C(=O)c1sc(N)cc1C. The average molecular weight is 212 g/mol. The van der Waals surface area contributed by atoms with E-state index in [1.807, 2.05) is 26.8 Å². The van der Waals surface area contributed by atoms with Crippen molar-refractivity contribution in [3.63, 3.8) is 0 Å². The number of thiophene rings is 1. The first kappa shape index (κ1) is 11.0. The molecule has 1 aromatic rings. The third-order valence-electron chi connectivity index (χ3n) is 2.18. The number of nitrogen functional groups attached to an aromatic ring is 1. The van der Waals surface area contributed by atoms with Crippen molar-refractivity contribution in [3.05, 3.63) is 16.5 Å². The normalized spacial score (nSPS) is 10.2. The van der Waals surface area contributed by atoms with Gasteiger partial charge in [-0.3, -0.25) is 4.79 Å². The molecule has 0 aliphatic carbocycles. The summed E-state index contributed by atoms with van der Waals surface area (Å²) in [5, 5.41) is 0.706. The first-order valence-corrected chi connectivity index (χ1v) is 5.57. The molecule has 0 atom stereocenters. The van der Waals surface area contributed by atoms with Crippen LogP contribution in [0, 0.1) is 6.92 Å². The highest BCUT2D eigenvalue weighted by molar-refractivity contribution is 7.17. The summed E-state index contributed by atoms with van der Waals surface area (Å²) < 4.78 is 0. The first-order valence-electron chi connectivity index (χ1n) is 4.75. The second-order valence-electron chi connectivity index (χ2n) is 3.14. The molecular formula is C10H16N2OS. The summed E-state index contributed by atoms with van der Waals surface area (Å²) in [7, 11) is 0. The Hall–Kier alpha value is -1.03. The number of carbonyl (C=O) groups excluding carboxylic acids is 1. The van der Waals surface area contributed by atoms with E-state index in [0.717, 1.165) is 23.5 Å². The van der Waals surface area contributed by atoms with Gasteiger partial charge in [0.25, 0.3) is 5.91 Å². The second kappa shape index (κ2) is 4.46. The Balaban J connectivity index is 2.93. The third-order valence-corrected chi connectivity index (χ3v) is 3.24. The van der Waals surface area contributed by atoms with Crippen LogP contribution in [0.5, 0.6) is 0 Å². The fourth-order valence-corrected chi connectivity index (χ4v) is 2.28. The topological polar surface area (TPSA) is 46.3 Å². The molecule has 0 saturated heterocycles. The van der Waals surface area contributed by atoms with Crippen LogP contribution >= 0.6 is 11.3 Å². The standard InChI is InChI=1S/C10H16N2OS/c1-4-12(5-2)10(13)9-7(3)6-8(11)14-9/h6H,4-5,11H2,1-3H3. The van der Waals surface area contributed by atoms with Crippen molar-refractivity contribution in [2.45, 2.75) is 20.8 Å². The molecule has 3 nitrogen and oxygen atoms in total. The van der Waals surface area contributed by atoms with Gasteiger partial charge in [0, 0.05) is 13.1 Å². The minimum absolute atomic E-state index is 0.0919. The predicted octanol–water partition coefficient (Wildman–Crippen LogP) is 2.12. The molecule has 0 aromatic carbocycles. The number of hydrogen-bond acceptors (Lipinski definition) is 3. The molecule has 1 aromatic heterocycles. The summed E-state index contributed by atoms with van der Waals surface area (Å²) in [5.74, 6) is 0.0919. The zero-order valence-electron chi connectivity index (χ0n) is 8.83. The van der Waals surface area contributed by atoms with E-state index in [0.29, 0.717) is 5.00 Å². The maximum atomic E-state index is 11.9. The molecule has 0 spiro atoms. The largest absolute Gasteiger partial charge is 0.391 e. The van der Waals surface area contributed by atoms with Crippen LogP contribution in [-0.4, -0.2) is 23.9 Å². The highest BCUT2D eigenvalue weighted by Crippen LogP contribution is 2.24. The van der Waals surface area contributed by atoms with E-state index in [1.165, 1.54) is 11.3 Å². The molecule has 14 heavy (non-hydrogen) atoms. The van der Waals surface area contributed by atoms with E-state index in [9.17, 15) is 4.79 Å². The fraction of sp³-hybridized carbons (Fsp3) is 0.500. The van der Waals surface area contributed by atoms with Crippen LogP contribution in [0.2, 0.25) is 0 Å². The monoisotopic (exact) mass is 212 g/mol. The minimum atomic E-state index is 0.0919. The lowest BCUT2D eigenvalue weighted by atomic mass is 10.2. The van der Waals surface area contributed by atoms with Crippen molar-refractivity contribution in [2.24, 2.45) is 0 Å². The van der Waals surface area contributed by atoms with Gasteiger partial charge < -0.3 is 10.6 Å². The number of rotatable bonds is 3. The van der Waals surface area contributed by atoms with Gasteiger partial charge in [0.2, 0.25) is 0 Å². The van der Waals surface area contributed by atoms with E-state index < -0.39 is 0 Å². The Morgan fingerprint density at radius 2 is 2.07 bits per heavy atom. The van der Waals surface area contributed by atoms with Crippen LogP contribution in [0.3, 0.4) is 0 Å². The molecule has 0 unspecified atom stereocenters. The number of aryl methyl sites for hydroxylation is 1. The van der Waals surface area contributed by atoms with Gasteiger partial charge in [-0.05, 0) is 32.4 Å². The van der Waals surface area contributed by atoms with Gasteiger partial charge in [-0.2, -0.15) is 0 Å². The van der Waals surface area contributed by atoms with Crippen LogP contribution in [0.1, 0.15) is 29.1 Å². The molecule has 0 aliphatic heterocycles. The number of nitrogens with zero attached hydrogens (tertiary/aromatic N) is 1. The van der Waals surface area contributed by atoms with Gasteiger partial charge in [0.05, 0.1) is 9.88 Å². The number of hydrogen-bond donors (Lipinski definition) is 1. The molecule has 0 fully saturated rings. The summed E-state index contributed by atoms with van der Waals surface area (Å²) >= 11 is 1.37. The number of nitrogens with two attached hydrogens (primary N) is 1. The van der Waals surface area contributed by atoms with E-state index in [4.69, 9.17) is 5.73 Å². The van der Waals surface area contributed by atoms with Gasteiger partial charge in [0.1, 0.15) is 0 Å². The summed E-state index contributed by atoms with van der Waals surface area (Å²) in [4.78, 5) is 14.5. The lowest BCUT2D eigenvalue weighted by Gasteiger charge is -2.17. The molecule has 0 aliphatic rings. The molecule has 0 saturated carbocycles. The molecule has 0 radical (unpaired) electrons. The van der Waals surface area contributed by atoms with Crippen molar-refractivity contribution in [3.8, 4) is 0 Å². The highest BCUT2D eigenvalue weighted by atomic mass is 32.1. The molecule has 2 N–H and O–H groups in total. The lowest BCUT2D eigenvalue weighted by Crippen LogP contribution is -2.30. The lowest BCUT2D eigenvalue weighted by molar-refractivity contribution is 0.0777. The number of anilines is 1. The van der Waals surface area contributed by atoms with Crippen LogP contribution < -0.4 is 5.73 Å². The molecule has 1 heterocycles. The molecule has 78 valence electrons. The average Bonchev–Trinajstić information content (AvgIpc) is 2.47. The van der Waals surface area contributed by atoms with Gasteiger partial charge >= 0.3 is 0 Å². The van der Waals surface area contributed by atoms with Crippen molar-refractivity contribution in [2.75, 3.05) is 18.8 Å². The highest BCUT2D eigenvalue weighted by Gasteiger charge is 2.17. The third kappa shape index (κ3) is 2.07. The maximum absolute atomic E-state index is 11.9. The summed E-state index contributed by atoms with van der Waals surface area (Å²) in [6.07, 6.45) is 0. The van der Waals surface area contributed by atoms with Crippen LogP contribution in [-0.2, 0) is 0 Å². The summed E-state index contributed by atoms with van der Waals surface area (Å²) in [6, 6.07) is 1.85. The Bertz CT molecular complexity index is 329. The Kier molecular flexibility index (Phi) is 3.52. The smallest absolute Gasteiger partial charge is 0.264 e. The minimum Gasteiger partial charge on any atom is -0.391 e. The second-order valence-corrected chi connectivity index (χ2v) is 4.22. The van der Waals surface area contributed by atoms with Crippen LogP contribution in [0.25, 0.3) is 0 Å². The molecule has 1 rings (SSSR count). The fourth-order valence-electron chi connectivity index (χ4n) is 1.37. The van der Waals surface area contributed by atoms with Gasteiger partial charge in [-0.1, -0.05) is 0 Å². The van der Waals surface area contributed by atoms with Crippen LogP contribution in [0.4, 0.5) is 5.00 Å². The van der Waals surface area contributed by atoms with Gasteiger partial charge in [-0.25, -0.2) is 0 Å². The zero-order valence-corrected chi connectivity index (χ0v) is 9.65. The van der Waals surface area contributed by atoms with E-state index in [-0.39, 0.29) is 5.91 Å². The predicted molar refractivity (Wildman–Crippen MR) is 60.7 cm³/mol. The summed E-state index contributed by atoms with van der Waals surface area (Å²) in [6.45, 7) is 7.37. The molecular weight excluding hydrogens is 196 g/mol. The molecule has 0 bridgehead atoms. The van der Waals surface area contributed by atoms with Crippen molar-refractivity contribution in [1.82, 2.24) is 4.90 Å². The quantitative estimate of drug-likeness (QED) is 0.834. The van der Waals surface area contributed by atoms with E-state index in [2.05, 4.69) is 0 Å². The Morgan fingerprint density at radius 3 is 2.43 bits per heavy atom. The Morgan fingerprint density at radius 1 is 1.50 bits per heavy atom.